The smallest absolute Gasteiger partial charge is 0.410 e. The largest absolute Gasteiger partial charge is 0.444 e. The fourth-order valence-corrected chi connectivity index (χ4v) is 3.56. The van der Waals surface area contributed by atoms with E-state index in [1.807, 2.05) is 25.7 Å². The summed E-state index contributed by atoms with van der Waals surface area (Å²) in [6.07, 6.45) is 5.12. The van der Waals surface area contributed by atoms with E-state index < -0.39 is 5.60 Å². The van der Waals surface area contributed by atoms with E-state index in [9.17, 15) is 4.79 Å². The SMILES string of the molecule is CC(C)(C)OC(=O)N1CCCC1CCNC1CCOC(C)(C)C1. The molecule has 2 atom stereocenters. The van der Waals surface area contributed by atoms with Crippen LogP contribution in [0.3, 0.4) is 0 Å². The molecule has 0 spiro atoms. The van der Waals surface area contributed by atoms with Crippen molar-refractivity contribution >= 4 is 6.09 Å². The number of amides is 1. The second-order valence-corrected chi connectivity index (χ2v) is 8.51. The van der Waals surface area contributed by atoms with Gasteiger partial charge in [-0.05, 0) is 73.3 Å². The number of ether oxygens (including phenoxy) is 2. The van der Waals surface area contributed by atoms with Crippen LogP contribution < -0.4 is 5.32 Å². The molecule has 0 aliphatic carbocycles. The predicted octanol–water partition coefficient (Wildman–Crippen LogP) is 3.32. The van der Waals surface area contributed by atoms with Crippen LogP contribution in [0.4, 0.5) is 4.79 Å². The molecule has 0 saturated carbocycles. The molecular weight excluding hydrogens is 292 g/mol. The van der Waals surface area contributed by atoms with E-state index in [4.69, 9.17) is 9.47 Å². The van der Waals surface area contributed by atoms with Crippen molar-refractivity contribution in [3.8, 4) is 0 Å². The molecule has 2 unspecified atom stereocenters. The normalized spacial score (nSPS) is 28.0. The molecule has 0 bridgehead atoms. The summed E-state index contributed by atoms with van der Waals surface area (Å²) in [5.74, 6) is 0. The van der Waals surface area contributed by atoms with Crippen molar-refractivity contribution in [3.63, 3.8) is 0 Å². The van der Waals surface area contributed by atoms with Gasteiger partial charge in [0.05, 0.1) is 5.60 Å². The third kappa shape index (κ3) is 5.96. The number of nitrogens with one attached hydrogen (secondary N) is 1. The van der Waals surface area contributed by atoms with Gasteiger partial charge in [-0.25, -0.2) is 4.79 Å². The first kappa shape index (κ1) is 18.5. The lowest BCUT2D eigenvalue weighted by molar-refractivity contribution is -0.0628. The van der Waals surface area contributed by atoms with Crippen molar-refractivity contribution < 1.29 is 14.3 Å². The highest BCUT2D eigenvalue weighted by atomic mass is 16.6. The van der Waals surface area contributed by atoms with Crippen LogP contribution >= 0.6 is 0 Å². The molecule has 0 aromatic rings. The number of hydrogen-bond donors (Lipinski definition) is 1. The number of hydrogen-bond acceptors (Lipinski definition) is 4. The predicted molar refractivity (Wildman–Crippen MR) is 91.6 cm³/mol. The van der Waals surface area contributed by atoms with Crippen LogP contribution in [0.5, 0.6) is 0 Å². The first-order chi connectivity index (χ1) is 10.7. The molecule has 1 N–H and O–H groups in total. The Hall–Kier alpha value is -0.810. The molecule has 134 valence electrons. The Bertz CT molecular complexity index is 404. The molecule has 0 radical (unpaired) electrons. The van der Waals surface area contributed by atoms with Gasteiger partial charge >= 0.3 is 6.09 Å². The van der Waals surface area contributed by atoms with Gasteiger partial charge in [-0.3, -0.25) is 0 Å². The first-order valence-corrected chi connectivity index (χ1v) is 9.03. The van der Waals surface area contributed by atoms with E-state index in [-0.39, 0.29) is 11.7 Å². The van der Waals surface area contributed by atoms with Crippen molar-refractivity contribution in [2.75, 3.05) is 19.7 Å². The molecule has 0 aromatic carbocycles. The number of rotatable bonds is 4. The molecule has 2 saturated heterocycles. The van der Waals surface area contributed by atoms with Crippen LogP contribution in [-0.4, -0.2) is 54.0 Å². The first-order valence-electron chi connectivity index (χ1n) is 9.03. The summed E-state index contributed by atoms with van der Waals surface area (Å²) in [6.45, 7) is 12.7. The average molecular weight is 326 g/mol. The molecule has 2 rings (SSSR count). The van der Waals surface area contributed by atoms with E-state index >= 15 is 0 Å². The lowest BCUT2D eigenvalue weighted by atomic mass is 9.94. The highest BCUT2D eigenvalue weighted by Crippen LogP contribution is 2.25. The van der Waals surface area contributed by atoms with E-state index in [1.54, 1.807) is 0 Å². The number of carbonyl (C=O) groups is 1. The molecule has 2 fully saturated rings. The second kappa shape index (κ2) is 7.39. The summed E-state index contributed by atoms with van der Waals surface area (Å²) >= 11 is 0. The molecule has 2 heterocycles. The third-order valence-corrected chi connectivity index (χ3v) is 4.61. The summed E-state index contributed by atoms with van der Waals surface area (Å²) < 4.78 is 11.3. The standard InChI is InChI=1S/C18H34N2O3/c1-17(2,3)23-16(21)20-11-6-7-15(20)8-10-19-14-9-12-22-18(4,5)13-14/h14-15,19H,6-13H2,1-5H3. The minimum Gasteiger partial charge on any atom is -0.444 e. The topological polar surface area (TPSA) is 50.8 Å². The Kier molecular flexibility index (Phi) is 5.95. The van der Waals surface area contributed by atoms with Crippen LogP contribution in [-0.2, 0) is 9.47 Å². The van der Waals surface area contributed by atoms with Crippen molar-refractivity contribution in [1.29, 1.82) is 0 Å². The summed E-state index contributed by atoms with van der Waals surface area (Å²) in [6, 6.07) is 0.834. The van der Waals surface area contributed by atoms with Crippen LogP contribution in [0, 0.1) is 0 Å². The van der Waals surface area contributed by atoms with E-state index in [0.717, 1.165) is 51.8 Å². The quantitative estimate of drug-likeness (QED) is 0.861. The van der Waals surface area contributed by atoms with Crippen LogP contribution in [0.1, 0.15) is 66.7 Å². The summed E-state index contributed by atoms with van der Waals surface area (Å²) in [7, 11) is 0. The Labute approximate surface area is 141 Å². The van der Waals surface area contributed by atoms with Gasteiger partial charge in [0.1, 0.15) is 5.60 Å². The van der Waals surface area contributed by atoms with Gasteiger partial charge < -0.3 is 19.7 Å². The number of nitrogens with zero attached hydrogens (tertiary/aromatic N) is 1. The summed E-state index contributed by atoms with van der Waals surface area (Å²) in [5.41, 5.74) is -0.442. The van der Waals surface area contributed by atoms with Crippen molar-refractivity contribution in [3.05, 3.63) is 0 Å². The van der Waals surface area contributed by atoms with Gasteiger partial charge in [0.2, 0.25) is 0 Å². The molecule has 5 nitrogen and oxygen atoms in total. The zero-order chi connectivity index (χ0) is 17.1. The maximum Gasteiger partial charge on any atom is 0.410 e. The lowest BCUT2D eigenvalue weighted by Gasteiger charge is -2.36. The molecule has 1 amide bonds. The van der Waals surface area contributed by atoms with Crippen molar-refractivity contribution in [1.82, 2.24) is 10.2 Å². The molecule has 5 heteroatoms. The highest BCUT2D eigenvalue weighted by Gasteiger charge is 2.32. The van der Waals surface area contributed by atoms with Gasteiger partial charge in [0, 0.05) is 25.2 Å². The van der Waals surface area contributed by atoms with Gasteiger partial charge in [0.25, 0.3) is 0 Å². The fraction of sp³-hybridized carbons (Fsp3) is 0.944. The Morgan fingerprint density at radius 2 is 2.09 bits per heavy atom. The molecule has 2 aliphatic rings. The van der Waals surface area contributed by atoms with Gasteiger partial charge in [0.15, 0.2) is 0 Å². The number of carbonyl (C=O) groups excluding carboxylic acids is 1. The molecule has 2 aliphatic heterocycles. The van der Waals surface area contributed by atoms with Gasteiger partial charge in [-0.1, -0.05) is 0 Å². The van der Waals surface area contributed by atoms with Gasteiger partial charge in [-0.2, -0.15) is 0 Å². The molecule has 0 aromatic heterocycles. The number of likely N-dealkylation sites (tertiary alicyclic amines) is 1. The highest BCUT2D eigenvalue weighted by molar-refractivity contribution is 5.68. The maximum absolute atomic E-state index is 12.3. The second-order valence-electron chi connectivity index (χ2n) is 8.51. The van der Waals surface area contributed by atoms with E-state index in [2.05, 4.69) is 19.2 Å². The van der Waals surface area contributed by atoms with Crippen LogP contribution in [0.15, 0.2) is 0 Å². The summed E-state index contributed by atoms with van der Waals surface area (Å²) in [4.78, 5) is 14.2. The van der Waals surface area contributed by atoms with Gasteiger partial charge in [-0.15, -0.1) is 0 Å². The molecular formula is C18H34N2O3. The Morgan fingerprint density at radius 3 is 2.74 bits per heavy atom. The Morgan fingerprint density at radius 1 is 1.35 bits per heavy atom. The monoisotopic (exact) mass is 326 g/mol. The van der Waals surface area contributed by atoms with E-state index in [0.29, 0.717) is 12.1 Å². The summed E-state index contributed by atoms with van der Waals surface area (Å²) in [5, 5.41) is 3.65. The Balaban J connectivity index is 1.75. The van der Waals surface area contributed by atoms with Crippen LogP contribution in [0.25, 0.3) is 0 Å². The van der Waals surface area contributed by atoms with Crippen LogP contribution in [0.2, 0.25) is 0 Å². The minimum atomic E-state index is -0.420. The fourth-order valence-electron chi connectivity index (χ4n) is 3.56. The molecule has 23 heavy (non-hydrogen) atoms. The zero-order valence-corrected chi connectivity index (χ0v) is 15.5. The maximum atomic E-state index is 12.3. The average Bonchev–Trinajstić information content (AvgIpc) is 2.84. The van der Waals surface area contributed by atoms with Crippen molar-refractivity contribution in [2.45, 2.75) is 90.0 Å². The van der Waals surface area contributed by atoms with Crippen molar-refractivity contribution in [2.24, 2.45) is 0 Å². The lowest BCUT2D eigenvalue weighted by Crippen LogP contribution is -2.45. The third-order valence-electron chi connectivity index (χ3n) is 4.61. The zero-order valence-electron chi connectivity index (χ0n) is 15.5. The van der Waals surface area contributed by atoms with E-state index in [1.165, 1.54) is 0 Å². The minimum absolute atomic E-state index is 0.0220.